The van der Waals surface area contributed by atoms with Gasteiger partial charge in [0.25, 0.3) is 5.91 Å². The van der Waals surface area contributed by atoms with Crippen LogP contribution in [0.3, 0.4) is 0 Å². The lowest BCUT2D eigenvalue weighted by atomic mass is 10.1. The third-order valence-electron chi connectivity index (χ3n) is 2.50. The first kappa shape index (κ1) is 14.0. The maximum atomic E-state index is 13.2. The molecule has 18 heavy (non-hydrogen) atoms. The standard InChI is InChI=1S/C14H16FNO2/c1-4-6-11(5-2)16-14(17)10-7-8-12(15)13(9-10)18-3/h2,7-9,11H,4,6H2,1,3H3,(H,16,17). The molecule has 4 heteroatoms. The molecule has 1 amide bonds. The Hall–Kier alpha value is -2.02. The average Bonchev–Trinajstić information content (AvgIpc) is 2.38. The van der Waals surface area contributed by atoms with E-state index in [9.17, 15) is 9.18 Å². The number of methoxy groups -OCH3 is 1. The zero-order valence-electron chi connectivity index (χ0n) is 10.5. The molecule has 1 N–H and O–H groups in total. The Labute approximate surface area is 106 Å². The summed E-state index contributed by atoms with van der Waals surface area (Å²) in [5.41, 5.74) is 0.324. The Kier molecular flexibility index (Phi) is 5.19. The molecule has 1 unspecified atom stereocenters. The van der Waals surface area contributed by atoms with Gasteiger partial charge in [-0.25, -0.2) is 4.39 Å². The molecule has 3 nitrogen and oxygen atoms in total. The zero-order chi connectivity index (χ0) is 13.5. The number of carbonyl (C=O) groups excluding carboxylic acids is 1. The van der Waals surface area contributed by atoms with Crippen molar-refractivity contribution in [3.8, 4) is 18.1 Å². The molecule has 0 radical (unpaired) electrons. The molecular formula is C14H16FNO2. The van der Waals surface area contributed by atoms with Gasteiger partial charge in [0.15, 0.2) is 11.6 Å². The number of carbonyl (C=O) groups is 1. The molecular weight excluding hydrogens is 233 g/mol. The van der Waals surface area contributed by atoms with E-state index in [4.69, 9.17) is 11.2 Å². The summed E-state index contributed by atoms with van der Waals surface area (Å²) >= 11 is 0. The van der Waals surface area contributed by atoms with Crippen molar-refractivity contribution in [1.82, 2.24) is 5.32 Å². The summed E-state index contributed by atoms with van der Waals surface area (Å²) in [6, 6.07) is 3.63. The Balaban J connectivity index is 2.81. The quantitative estimate of drug-likeness (QED) is 0.813. The Morgan fingerprint density at radius 1 is 1.61 bits per heavy atom. The molecule has 0 spiro atoms. The van der Waals surface area contributed by atoms with Crippen LogP contribution in [0.15, 0.2) is 18.2 Å². The van der Waals surface area contributed by atoms with E-state index in [0.29, 0.717) is 12.0 Å². The zero-order valence-corrected chi connectivity index (χ0v) is 10.5. The third kappa shape index (κ3) is 3.49. The van der Waals surface area contributed by atoms with E-state index in [1.807, 2.05) is 6.92 Å². The fraction of sp³-hybridized carbons (Fsp3) is 0.357. The molecule has 0 aliphatic carbocycles. The van der Waals surface area contributed by atoms with Crippen LogP contribution >= 0.6 is 0 Å². The van der Waals surface area contributed by atoms with E-state index in [2.05, 4.69) is 11.2 Å². The van der Waals surface area contributed by atoms with Gasteiger partial charge in [-0.15, -0.1) is 6.42 Å². The lowest BCUT2D eigenvalue weighted by Gasteiger charge is -2.12. The van der Waals surface area contributed by atoms with Crippen LogP contribution in [0.1, 0.15) is 30.1 Å². The lowest BCUT2D eigenvalue weighted by Crippen LogP contribution is -2.33. The van der Waals surface area contributed by atoms with E-state index in [0.717, 1.165) is 6.42 Å². The highest BCUT2D eigenvalue weighted by atomic mass is 19.1. The number of rotatable bonds is 5. The lowest BCUT2D eigenvalue weighted by molar-refractivity contribution is 0.0944. The summed E-state index contributed by atoms with van der Waals surface area (Å²) in [7, 11) is 1.35. The van der Waals surface area contributed by atoms with Gasteiger partial charge in [-0.05, 0) is 24.6 Å². The molecule has 1 atom stereocenters. The number of nitrogens with one attached hydrogen (secondary N) is 1. The second-order valence-electron chi connectivity index (χ2n) is 3.83. The number of terminal acetylenes is 1. The monoisotopic (exact) mass is 249 g/mol. The van der Waals surface area contributed by atoms with Gasteiger partial charge in [0.05, 0.1) is 13.2 Å². The highest BCUT2D eigenvalue weighted by Crippen LogP contribution is 2.18. The predicted octanol–water partition coefficient (Wildman–Crippen LogP) is 2.37. The molecule has 1 rings (SSSR count). The minimum atomic E-state index is -0.504. The van der Waals surface area contributed by atoms with Crippen LogP contribution in [0, 0.1) is 18.2 Å². The largest absolute Gasteiger partial charge is 0.494 e. The maximum absolute atomic E-state index is 13.2. The van der Waals surface area contributed by atoms with Crippen molar-refractivity contribution >= 4 is 5.91 Å². The number of hydrogen-bond acceptors (Lipinski definition) is 2. The summed E-state index contributed by atoms with van der Waals surface area (Å²) < 4.78 is 18.0. The molecule has 1 aromatic carbocycles. The van der Waals surface area contributed by atoms with Crippen LogP contribution in [-0.2, 0) is 0 Å². The third-order valence-corrected chi connectivity index (χ3v) is 2.50. The Morgan fingerprint density at radius 3 is 2.89 bits per heavy atom. The van der Waals surface area contributed by atoms with Gasteiger partial charge in [-0.3, -0.25) is 4.79 Å². The van der Waals surface area contributed by atoms with E-state index in [1.54, 1.807) is 0 Å². The van der Waals surface area contributed by atoms with Crippen LogP contribution < -0.4 is 10.1 Å². The normalized spacial score (nSPS) is 11.4. The van der Waals surface area contributed by atoms with Gasteiger partial charge in [0.1, 0.15) is 0 Å². The summed E-state index contributed by atoms with van der Waals surface area (Å²) in [5.74, 6) is 1.71. The molecule has 0 aliphatic rings. The second-order valence-corrected chi connectivity index (χ2v) is 3.83. The molecule has 96 valence electrons. The first-order valence-electron chi connectivity index (χ1n) is 5.72. The maximum Gasteiger partial charge on any atom is 0.252 e. The van der Waals surface area contributed by atoms with Gasteiger partial charge in [0, 0.05) is 5.56 Å². The fourth-order valence-electron chi connectivity index (χ4n) is 1.53. The van der Waals surface area contributed by atoms with Crippen molar-refractivity contribution < 1.29 is 13.9 Å². The van der Waals surface area contributed by atoms with Crippen molar-refractivity contribution in [3.05, 3.63) is 29.6 Å². The van der Waals surface area contributed by atoms with Gasteiger partial charge in [-0.2, -0.15) is 0 Å². The van der Waals surface area contributed by atoms with E-state index in [-0.39, 0.29) is 17.7 Å². The first-order chi connectivity index (χ1) is 8.62. The average molecular weight is 249 g/mol. The summed E-state index contributed by atoms with van der Waals surface area (Å²) in [5, 5.41) is 2.70. The number of hydrogen-bond donors (Lipinski definition) is 1. The van der Waals surface area contributed by atoms with Crippen LogP contribution in [0.2, 0.25) is 0 Å². The molecule has 0 saturated heterocycles. The number of ether oxygens (including phenoxy) is 1. The van der Waals surface area contributed by atoms with Gasteiger partial charge in [0.2, 0.25) is 0 Å². The number of amides is 1. The Bertz CT molecular complexity index is 465. The fourth-order valence-corrected chi connectivity index (χ4v) is 1.53. The summed E-state index contributed by atoms with van der Waals surface area (Å²) in [6.45, 7) is 1.98. The minimum Gasteiger partial charge on any atom is -0.494 e. The topological polar surface area (TPSA) is 38.3 Å². The number of benzene rings is 1. The van der Waals surface area contributed by atoms with Crippen LogP contribution in [0.4, 0.5) is 4.39 Å². The van der Waals surface area contributed by atoms with Gasteiger partial charge in [-0.1, -0.05) is 19.3 Å². The highest BCUT2D eigenvalue weighted by Gasteiger charge is 2.13. The van der Waals surface area contributed by atoms with Crippen molar-refractivity contribution in [3.63, 3.8) is 0 Å². The van der Waals surface area contributed by atoms with E-state index >= 15 is 0 Å². The summed E-state index contributed by atoms with van der Waals surface area (Å²) in [4.78, 5) is 11.9. The van der Waals surface area contributed by atoms with Gasteiger partial charge >= 0.3 is 0 Å². The smallest absolute Gasteiger partial charge is 0.252 e. The van der Waals surface area contributed by atoms with E-state index in [1.165, 1.54) is 25.3 Å². The van der Waals surface area contributed by atoms with Gasteiger partial charge < -0.3 is 10.1 Å². The van der Waals surface area contributed by atoms with Crippen LogP contribution in [0.25, 0.3) is 0 Å². The molecule has 0 bridgehead atoms. The van der Waals surface area contributed by atoms with E-state index < -0.39 is 5.82 Å². The number of halogens is 1. The minimum absolute atomic E-state index is 0.0374. The molecule has 0 aliphatic heterocycles. The second kappa shape index (κ2) is 6.65. The molecule has 0 aromatic heterocycles. The summed E-state index contributed by atoms with van der Waals surface area (Å²) in [6.07, 6.45) is 6.90. The molecule has 1 aromatic rings. The van der Waals surface area contributed by atoms with Crippen LogP contribution in [-0.4, -0.2) is 19.1 Å². The van der Waals surface area contributed by atoms with Crippen molar-refractivity contribution in [2.24, 2.45) is 0 Å². The Morgan fingerprint density at radius 2 is 2.33 bits per heavy atom. The SMILES string of the molecule is C#CC(CCC)NC(=O)c1ccc(F)c(OC)c1. The molecule has 0 saturated carbocycles. The van der Waals surface area contributed by atoms with Crippen LogP contribution in [0.5, 0.6) is 5.75 Å². The molecule has 0 fully saturated rings. The van der Waals surface area contributed by atoms with Crippen molar-refractivity contribution in [2.45, 2.75) is 25.8 Å². The van der Waals surface area contributed by atoms with Crippen molar-refractivity contribution in [2.75, 3.05) is 7.11 Å². The first-order valence-corrected chi connectivity index (χ1v) is 5.72. The predicted molar refractivity (Wildman–Crippen MR) is 67.9 cm³/mol. The van der Waals surface area contributed by atoms with Crippen molar-refractivity contribution in [1.29, 1.82) is 0 Å². The highest BCUT2D eigenvalue weighted by molar-refractivity contribution is 5.95. The molecule has 0 heterocycles.